The minimum absolute atomic E-state index is 0.124. The quantitative estimate of drug-likeness (QED) is 0.228. The van der Waals surface area contributed by atoms with Crippen molar-refractivity contribution in [1.29, 1.82) is 0 Å². The zero-order valence-corrected chi connectivity index (χ0v) is 21.6. The van der Waals surface area contributed by atoms with Gasteiger partial charge in [-0.15, -0.1) is 16.4 Å². The van der Waals surface area contributed by atoms with Crippen molar-refractivity contribution in [2.45, 2.75) is 15.2 Å². The molecule has 0 bridgehead atoms. The molecule has 0 saturated heterocycles. The Balaban J connectivity index is 1.19. The lowest BCUT2D eigenvalue weighted by Gasteiger charge is -2.06. The van der Waals surface area contributed by atoms with E-state index < -0.39 is 0 Å². The van der Waals surface area contributed by atoms with Gasteiger partial charge in [0.05, 0.1) is 21.7 Å². The number of fused-ring (bicyclic) bond motifs is 1. The lowest BCUT2D eigenvalue weighted by Crippen LogP contribution is -2.14. The van der Waals surface area contributed by atoms with Gasteiger partial charge in [-0.1, -0.05) is 69.8 Å². The minimum atomic E-state index is -0.124. The van der Waals surface area contributed by atoms with Crippen LogP contribution in [0.15, 0.2) is 86.8 Å². The number of aromatic nitrogens is 5. The molecule has 1 N–H and O–H groups in total. The molecule has 7 nitrogen and oxygen atoms in total. The Labute approximate surface area is 216 Å². The molecule has 0 atom stereocenters. The summed E-state index contributed by atoms with van der Waals surface area (Å²) >= 11 is 8.09. The van der Waals surface area contributed by atoms with E-state index in [0.717, 1.165) is 36.2 Å². The van der Waals surface area contributed by atoms with E-state index >= 15 is 0 Å². The van der Waals surface area contributed by atoms with Gasteiger partial charge in [0, 0.05) is 15.9 Å². The summed E-state index contributed by atoms with van der Waals surface area (Å²) in [5.41, 5.74) is 3.77. The number of rotatable bonds is 8. The number of hydrogen-bond acceptors (Lipinski definition) is 8. The maximum absolute atomic E-state index is 12.6. The molecule has 2 aromatic heterocycles. The molecule has 11 heteroatoms. The number of carbonyl (C=O) groups is 1. The number of benzene rings is 3. The number of tetrazole rings is 1. The van der Waals surface area contributed by atoms with Crippen LogP contribution in [-0.2, 0) is 10.5 Å². The number of para-hydroxylation sites is 1. The zero-order chi connectivity index (χ0) is 23.3. The standard InChI is InChI=1S/C23H17BrN6OS3/c24-16-8-6-15(7-9-16)13-33-23-26-19-11-10-17(12-20(19)34-23)25-21(31)14-32-22-27-28-29-30(22)18-4-2-1-3-5-18/h1-12H,13-14H2,(H,25,31). The first-order valence-corrected chi connectivity index (χ1v) is 13.8. The number of halogens is 1. The van der Waals surface area contributed by atoms with Crippen LogP contribution in [0.2, 0.25) is 0 Å². The van der Waals surface area contributed by atoms with Crippen LogP contribution in [0, 0.1) is 0 Å². The number of nitrogens with one attached hydrogen (secondary N) is 1. The fourth-order valence-corrected chi connectivity index (χ4v) is 6.11. The highest BCUT2D eigenvalue weighted by molar-refractivity contribution is 9.10. The van der Waals surface area contributed by atoms with Crippen LogP contribution in [0.3, 0.4) is 0 Å². The highest BCUT2D eigenvalue weighted by Crippen LogP contribution is 2.33. The van der Waals surface area contributed by atoms with Crippen LogP contribution in [0.1, 0.15) is 5.56 Å². The van der Waals surface area contributed by atoms with Gasteiger partial charge in [0.25, 0.3) is 0 Å². The number of nitrogens with zero attached hydrogens (tertiary/aromatic N) is 5. The fourth-order valence-electron chi connectivity index (χ4n) is 3.10. The van der Waals surface area contributed by atoms with Crippen LogP contribution < -0.4 is 5.32 Å². The fraction of sp³-hybridized carbons (Fsp3) is 0.0870. The van der Waals surface area contributed by atoms with Gasteiger partial charge in [-0.25, -0.2) is 4.98 Å². The molecule has 0 aliphatic rings. The van der Waals surface area contributed by atoms with Crippen molar-refractivity contribution in [3.63, 3.8) is 0 Å². The average Bonchev–Trinajstić information content (AvgIpc) is 3.49. The van der Waals surface area contributed by atoms with E-state index in [1.165, 1.54) is 17.3 Å². The second kappa shape index (κ2) is 10.7. The van der Waals surface area contributed by atoms with Crippen molar-refractivity contribution in [2.75, 3.05) is 11.1 Å². The number of carbonyl (C=O) groups excluding carboxylic acids is 1. The molecule has 0 aliphatic carbocycles. The largest absolute Gasteiger partial charge is 0.325 e. The van der Waals surface area contributed by atoms with E-state index in [1.807, 2.05) is 60.7 Å². The predicted molar refractivity (Wildman–Crippen MR) is 142 cm³/mol. The molecular weight excluding hydrogens is 552 g/mol. The topological polar surface area (TPSA) is 85.6 Å². The first-order chi connectivity index (χ1) is 16.6. The molecule has 1 amide bonds. The van der Waals surface area contributed by atoms with E-state index in [4.69, 9.17) is 4.98 Å². The zero-order valence-electron chi connectivity index (χ0n) is 17.6. The summed E-state index contributed by atoms with van der Waals surface area (Å²) in [5, 5.41) is 15.3. The molecule has 0 aliphatic heterocycles. The van der Waals surface area contributed by atoms with Crippen LogP contribution in [0.25, 0.3) is 15.9 Å². The molecular formula is C23H17BrN6OS3. The van der Waals surface area contributed by atoms with Crippen molar-refractivity contribution in [3.8, 4) is 5.69 Å². The lowest BCUT2D eigenvalue weighted by molar-refractivity contribution is -0.113. The molecule has 5 aromatic rings. The van der Waals surface area contributed by atoms with Crippen molar-refractivity contribution < 1.29 is 4.79 Å². The van der Waals surface area contributed by atoms with Gasteiger partial charge in [0.15, 0.2) is 4.34 Å². The van der Waals surface area contributed by atoms with Gasteiger partial charge in [0.2, 0.25) is 11.1 Å². The maximum atomic E-state index is 12.6. The van der Waals surface area contributed by atoms with Crippen LogP contribution in [0.5, 0.6) is 0 Å². The summed E-state index contributed by atoms with van der Waals surface area (Å²) in [6.45, 7) is 0. The Bertz CT molecular complexity index is 1420. The van der Waals surface area contributed by atoms with Gasteiger partial charge >= 0.3 is 0 Å². The summed E-state index contributed by atoms with van der Waals surface area (Å²) in [6, 6.07) is 23.7. The van der Waals surface area contributed by atoms with Crippen LogP contribution >= 0.6 is 50.8 Å². The van der Waals surface area contributed by atoms with E-state index in [9.17, 15) is 4.79 Å². The van der Waals surface area contributed by atoms with Gasteiger partial charge in [-0.3, -0.25) is 4.79 Å². The van der Waals surface area contributed by atoms with E-state index in [1.54, 1.807) is 27.8 Å². The summed E-state index contributed by atoms with van der Waals surface area (Å²) in [6.07, 6.45) is 0. The highest BCUT2D eigenvalue weighted by Gasteiger charge is 2.12. The average molecular weight is 570 g/mol. The Morgan fingerprint density at radius 3 is 2.68 bits per heavy atom. The predicted octanol–water partition coefficient (Wildman–Crippen LogP) is 6.06. The smallest absolute Gasteiger partial charge is 0.234 e. The van der Waals surface area contributed by atoms with Gasteiger partial charge in [-0.2, -0.15) is 4.68 Å². The molecule has 3 aromatic carbocycles. The van der Waals surface area contributed by atoms with Crippen molar-refractivity contribution in [2.24, 2.45) is 0 Å². The Hall–Kier alpha value is -2.73. The number of amides is 1. The summed E-state index contributed by atoms with van der Waals surface area (Å²) < 4.78 is 4.74. The molecule has 5 rings (SSSR count). The third-order valence-corrected chi connectivity index (χ3v) is 8.38. The normalized spacial score (nSPS) is 11.1. The molecule has 0 fully saturated rings. The number of thioether (sulfide) groups is 2. The monoisotopic (exact) mass is 568 g/mol. The summed E-state index contributed by atoms with van der Waals surface area (Å²) in [5.74, 6) is 0.930. The van der Waals surface area contributed by atoms with E-state index in [0.29, 0.717) is 5.16 Å². The molecule has 170 valence electrons. The Morgan fingerprint density at radius 2 is 1.85 bits per heavy atom. The second-order valence-electron chi connectivity index (χ2n) is 7.12. The maximum Gasteiger partial charge on any atom is 0.234 e. The molecule has 0 saturated carbocycles. The molecule has 0 unspecified atom stereocenters. The van der Waals surface area contributed by atoms with Crippen LogP contribution in [-0.4, -0.2) is 36.9 Å². The lowest BCUT2D eigenvalue weighted by atomic mass is 10.2. The summed E-state index contributed by atoms with van der Waals surface area (Å²) in [7, 11) is 0. The number of thiazole rings is 1. The van der Waals surface area contributed by atoms with E-state index in [-0.39, 0.29) is 11.7 Å². The van der Waals surface area contributed by atoms with Crippen molar-refractivity contribution >= 4 is 72.6 Å². The SMILES string of the molecule is O=C(CSc1nnnn1-c1ccccc1)Nc1ccc2nc(SCc3ccc(Br)cc3)sc2c1. The molecule has 34 heavy (non-hydrogen) atoms. The summed E-state index contributed by atoms with van der Waals surface area (Å²) in [4.78, 5) is 17.3. The minimum Gasteiger partial charge on any atom is -0.325 e. The molecule has 0 spiro atoms. The first-order valence-electron chi connectivity index (χ1n) is 10.2. The third kappa shape index (κ3) is 5.66. The van der Waals surface area contributed by atoms with Crippen molar-refractivity contribution in [1.82, 2.24) is 25.2 Å². The molecule has 0 radical (unpaired) electrons. The Kier molecular flexibility index (Phi) is 7.24. The third-order valence-electron chi connectivity index (χ3n) is 4.70. The van der Waals surface area contributed by atoms with Gasteiger partial charge in [-0.05, 0) is 58.5 Å². The second-order valence-corrected chi connectivity index (χ2v) is 11.2. The highest BCUT2D eigenvalue weighted by atomic mass is 79.9. The number of anilines is 1. The molecule has 2 heterocycles. The first kappa shape index (κ1) is 23.0. The number of hydrogen-bond donors (Lipinski definition) is 1. The Morgan fingerprint density at radius 1 is 1.03 bits per heavy atom. The van der Waals surface area contributed by atoms with E-state index in [2.05, 4.69) is 48.9 Å². The van der Waals surface area contributed by atoms with Gasteiger partial charge in [0.1, 0.15) is 0 Å². The van der Waals surface area contributed by atoms with Crippen molar-refractivity contribution in [3.05, 3.63) is 82.8 Å². The van der Waals surface area contributed by atoms with Gasteiger partial charge < -0.3 is 5.32 Å². The van der Waals surface area contributed by atoms with Crippen LogP contribution in [0.4, 0.5) is 5.69 Å².